The number of hydrogen-bond donors (Lipinski definition) is 2. The first-order valence-corrected chi connectivity index (χ1v) is 8.72. The lowest BCUT2D eigenvalue weighted by atomic mass is 9.38. The zero-order valence-corrected chi connectivity index (χ0v) is 14.6. The largest absolute Gasteiger partial charge is 0.390 e. The van der Waals surface area contributed by atoms with Gasteiger partial charge in [-0.25, -0.2) is 0 Å². The number of aliphatic hydroxyl groups is 1. The summed E-state index contributed by atoms with van der Waals surface area (Å²) in [7, 11) is 0. The Kier molecular flexibility index (Phi) is 3.59. The minimum absolute atomic E-state index is 0.0718. The van der Waals surface area contributed by atoms with E-state index < -0.39 is 11.6 Å². The SMILES string of the molecule is CCN(CC#N)C(=O)[C@@H](N)C12CC3(C)CC(C)(CC(O)(C3)C1)C2. The van der Waals surface area contributed by atoms with Crippen LogP contribution in [0.5, 0.6) is 0 Å². The maximum Gasteiger partial charge on any atom is 0.240 e. The Labute approximate surface area is 138 Å². The summed E-state index contributed by atoms with van der Waals surface area (Å²) < 4.78 is 0. The van der Waals surface area contributed by atoms with E-state index in [1.807, 2.05) is 6.92 Å². The van der Waals surface area contributed by atoms with Gasteiger partial charge in [0, 0.05) is 6.54 Å². The lowest BCUT2D eigenvalue weighted by Crippen LogP contribution is -2.68. The number of hydrogen-bond acceptors (Lipinski definition) is 4. The van der Waals surface area contributed by atoms with Crippen LogP contribution < -0.4 is 5.73 Å². The Hall–Kier alpha value is -1.12. The molecule has 4 aliphatic rings. The smallest absolute Gasteiger partial charge is 0.240 e. The minimum atomic E-state index is -0.678. The van der Waals surface area contributed by atoms with Gasteiger partial charge in [-0.15, -0.1) is 0 Å². The highest BCUT2D eigenvalue weighted by Crippen LogP contribution is 2.71. The number of carbonyl (C=O) groups excluding carboxylic acids is 1. The monoisotopic (exact) mass is 319 g/mol. The minimum Gasteiger partial charge on any atom is -0.390 e. The van der Waals surface area contributed by atoms with Gasteiger partial charge >= 0.3 is 0 Å². The molecule has 4 aliphatic carbocycles. The molecule has 0 radical (unpaired) electrons. The number of likely N-dealkylation sites (N-methyl/N-ethyl adjacent to an activating group) is 1. The van der Waals surface area contributed by atoms with E-state index >= 15 is 0 Å². The number of amides is 1. The van der Waals surface area contributed by atoms with Gasteiger partial charge in [0.25, 0.3) is 0 Å². The molecule has 23 heavy (non-hydrogen) atoms. The Balaban J connectivity index is 1.92. The fourth-order valence-corrected chi connectivity index (χ4v) is 6.94. The topological polar surface area (TPSA) is 90.4 Å². The van der Waals surface area contributed by atoms with E-state index in [9.17, 15) is 9.90 Å². The lowest BCUT2D eigenvalue weighted by molar-refractivity contribution is -0.230. The normalized spacial score (nSPS) is 45.6. The van der Waals surface area contributed by atoms with Crippen molar-refractivity contribution < 1.29 is 9.90 Å². The molecule has 128 valence electrons. The number of rotatable bonds is 4. The molecule has 0 aliphatic heterocycles. The number of carbonyl (C=O) groups is 1. The maximum atomic E-state index is 12.9. The maximum absolute atomic E-state index is 12.9. The molecular weight excluding hydrogens is 290 g/mol. The van der Waals surface area contributed by atoms with E-state index in [-0.39, 0.29) is 28.7 Å². The van der Waals surface area contributed by atoms with Crippen molar-refractivity contribution >= 4 is 5.91 Å². The summed E-state index contributed by atoms with van der Waals surface area (Å²) in [4.78, 5) is 14.4. The predicted octanol–water partition coefficient (Wildman–Crippen LogP) is 1.80. The second kappa shape index (κ2) is 4.94. The average molecular weight is 319 g/mol. The second-order valence-electron chi connectivity index (χ2n) is 9.26. The summed E-state index contributed by atoms with van der Waals surface area (Å²) >= 11 is 0. The molecule has 5 nitrogen and oxygen atoms in total. The van der Waals surface area contributed by atoms with E-state index in [0.717, 1.165) is 32.1 Å². The fraction of sp³-hybridized carbons (Fsp3) is 0.889. The first kappa shape index (κ1) is 16.7. The zero-order valence-electron chi connectivity index (χ0n) is 14.6. The highest BCUT2D eigenvalue weighted by atomic mass is 16.3. The van der Waals surface area contributed by atoms with Crippen LogP contribution in [0.15, 0.2) is 0 Å². The van der Waals surface area contributed by atoms with Crippen molar-refractivity contribution in [3.05, 3.63) is 0 Å². The standard InChI is InChI=1S/C18H29N3O2/c1-4-21(6-5-19)14(22)13(20)17-8-15(2)7-16(3,9-17)11-18(23,10-15)12-17/h13,23H,4,6-12,20H2,1-3H3/t13-,15?,16?,17?,18?/m1/s1. The highest BCUT2D eigenvalue weighted by Gasteiger charge is 2.67. The van der Waals surface area contributed by atoms with Crippen molar-refractivity contribution in [3.63, 3.8) is 0 Å². The van der Waals surface area contributed by atoms with Gasteiger partial charge in [0.1, 0.15) is 6.54 Å². The van der Waals surface area contributed by atoms with Gasteiger partial charge in [-0.05, 0) is 61.7 Å². The Bertz CT molecular complexity index is 514. The van der Waals surface area contributed by atoms with Crippen LogP contribution in [-0.4, -0.2) is 40.6 Å². The third-order valence-electron chi connectivity index (χ3n) is 6.48. The van der Waals surface area contributed by atoms with E-state index in [4.69, 9.17) is 11.0 Å². The molecular formula is C18H29N3O2. The number of nitrogens with two attached hydrogens (primary N) is 1. The summed E-state index contributed by atoms with van der Waals surface area (Å²) in [6, 6.07) is 1.43. The van der Waals surface area contributed by atoms with Crippen LogP contribution in [0.25, 0.3) is 0 Å². The van der Waals surface area contributed by atoms with Crippen LogP contribution >= 0.6 is 0 Å². The van der Waals surface area contributed by atoms with Crippen molar-refractivity contribution in [1.29, 1.82) is 5.26 Å². The van der Waals surface area contributed by atoms with Crippen LogP contribution in [-0.2, 0) is 4.79 Å². The summed E-state index contributed by atoms with van der Waals surface area (Å²) in [6.45, 7) is 6.93. The van der Waals surface area contributed by atoms with Crippen molar-refractivity contribution in [2.75, 3.05) is 13.1 Å². The molecule has 0 aromatic heterocycles. The number of nitriles is 1. The third kappa shape index (κ3) is 2.56. The van der Waals surface area contributed by atoms with Crippen LogP contribution in [0.3, 0.4) is 0 Å². The molecule has 0 saturated heterocycles. The van der Waals surface area contributed by atoms with E-state index in [1.54, 1.807) is 0 Å². The molecule has 5 heteroatoms. The third-order valence-corrected chi connectivity index (χ3v) is 6.48. The van der Waals surface area contributed by atoms with E-state index in [2.05, 4.69) is 19.9 Å². The van der Waals surface area contributed by atoms with Crippen LogP contribution in [0.4, 0.5) is 0 Å². The Morgan fingerprint density at radius 3 is 2.22 bits per heavy atom. The lowest BCUT2D eigenvalue weighted by Gasteiger charge is -2.69. The van der Waals surface area contributed by atoms with Crippen LogP contribution in [0.1, 0.15) is 59.3 Å². The van der Waals surface area contributed by atoms with Gasteiger partial charge in [0.05, 0.1) is 17.7 Å². The summed E-state index contributed by atoms with van der Waals surface area (Å²) in [5.74, 6) is -0.133. The zero-order chi connectivity index (χ0) is 17.1. The summed E-state index contributed by atoms with van der Waals surface area (Å²) in [5, 5.41) is 20.0. The molecule has 0 heterocycles. The molecule has 3 N–H and O–H groups in total. The molecule has 0 spiro atoms. The summed E-state index contributed by atoms with van der Waals surface area (Å²) in [5.41, 5.74) is 5.63. The van der Waals surface area contributed by atoms with Gasteiger partial charge in [0.2, 0.25) is 5.91 Å². The Morgan fingerprint density at radius 1 is 1.22 bits per heavy atom. The molecule has 0 aromatic rings. The van der Waals surface area contributed by atoms with Gasteiger partial charge in [-0.2, -0.15) is 5.26 Å². The van der Waals surface area contributed by atoms with Crippen LogP contribution in [0.2, 0.25) is 0 Å². The molecule has 3 atom stereocenters. The molecule has 4 fully saturated rings. The van der Waals surface area contributed by atoms with E-state index in [1.165, 1.54) is 4.90 Å². The van der Waals surface area contributed by atoms with Gasteiger partial charge in [-0.1, -0.05) is 13.8 Å². The molecule has 4 bridgehead atoms. The van der Waals surface area contributed by atoms with Crippen molar-refractivity contribution in [1.82, 2.24) is 4.90 Å². The number of nitrogens with zero attached hydrogens (tertiary/aromatic N) is 2. The molecule has 4 rings (SSSR count). The molecule has 4 saturated carbocycles. The molecule has 0 aromatic carbocycles. The quantitative estimate of drug-likeness (QED) is 0.773. The van der Waals surface area contributed by atoms with Crippen LogP contribution in [0, 0.1) is 27.6 Å². The highest BCUT2D eigenvalue weighted by molar-refractivity contribution is 5.83. The Morgan fingerprint density at radius 2 is 1.78 bits per heavy atom. The van der Waals surface area contributed by atoms with Crippen molar-refractivity contribution in [2.45, 2.75) is 70.9 Å². The van der Waals surface area contributed by atoms with Crippen molar-refractivity contribution in [2.24, 2.45) is 22.0 Å². The van der Waals surface area contributed by atoms with E-state index in [0.29, 0.717) is 13.0 Å². The summed E-state index contributed by atoms with van der Waals surface area (Å²) in [6.07, 6.45) is 5.22. The first-order chi connectivity index (χ1) is 10.6. The predicted molar refractivity (Wildman–Crippen MR) is 87.1 cm³/mol. The van der Waals surface area contributed by atoms with Crippen molar-refractivity contribution in [3.8, 4) is 6.07 Å². The van der Waals surface area contributed by atoms with Gasteiger partial charge < -0.3 is 15.7 Å². The molecule has 1 amide bonds. The average Bonchev–Trinajstić information content (AvgIpc) is 2.37. The first-order valence-electron chi connectivity index (χ1n) is 8.72. The van der Waals surface area contributed by atoms with Gasteiger partial charge in [0.15, 0.2) is 0 Å². The fourth-order valence-electron chi connectivity index (χ4n) is 6.94. The second-order valence-corrected chi connectivity index (χ2v) is 9.26. The molecule has 2 unspecified atom stereocenters. The van der Waals surface area contributed by atoms with Gasteiger partial charge in [-0.3, -0.25) is 4.79 Å².